The summed E-state index contributed by atoms with van der Waals surface area (Å²) >= 11 is 1.16. The SMILES string of the molecule is Cc1ccccc1NC(=O)CCn1c(C)csc1=O. The minimum atomic E-state index is -0.0770. The first kappa shape index (κ1) is 13.5. The van der Waals surface area contributed by atoms with Gasteiger partial charge in [-0.15, -0.1) is 0 Å². The van der Waals surface area contributed by atoms with Crippen molar-refractivity contribution >= 4 is 22.9 Å². The number of nitrogens with one attached hydrogen (secondary N) is 1. The van der Waals surface area contributed by atoms with Gasteiger partial charge in [-0.05, 0) is 25.5 Å². The average molecular weight is 276 g/mol. The molecule has 1 N–H and O–H groups in total. The molecule has 5 heteroatoms. The molecule has 0 bridgehead atoms. The lowest BCUT2D eigenvalue weighted by molar-refractivity contribution is -0.116. The topological polar surface area (TPSA) is 51.1 Å². The standard InChI is InChI=1S/C14H16N2O2S/c1-10-5-3-4-6-12(10)15-13(17)7-8-16-11(2)9-19-14(16)18/h3-6,9H,7-8H2,1-2H3,(H,15,17). The van der Waals surface area contributed by atoms with Crippen LogP contribution in [0.25, 0.3) is 0 Å². The maximum atomic E-state index is 11.9. The number of carbonyl (C=O) groups is 1. The van der Waals surface area contributed by atoms with Crippen molar-refractivity contribution < 1.29 is 4.79 Å². The van der Waals surface area contributed by atoms with Gasteiger partial charge in [0, 0.05) is 29.7 Å². The van der Waals surface area contributed by atoms with E-state index in [1.54, 1.807) is 4.57 Å². The van der Waals surface area contributed by atoms with Crippen molar-refractivity contribution in [1.82, 2.24) is 4.57 Å². The van der Waals surface area contributed by atoms with E-state index in [-0.39, 0.29) is 10.8 Å². The summed E-state index contributed by atoms with van der Waals surface area (Å²) in [5.41, 5.74) is 2.75. The molecule has 0 radical (unpaired) electrons. The van der Waals surface area contributed by atoms with Gasteiger partial charge in [0.15, 0.2) is 0 Å². The van der Waals surface area contributed by atoms with Gasteiger partial charge in [-0.3, -0.25) is 9.59 Å². The predicted molar refractivity (Wildman–Crippen MR) is 77.7 cm³/mol. The molecule has 0 saturated heterocycles. The Bertz CT molecular complexity index is 643. The van der Waals surface area contributed by atoms with Crippen LogP contribution in [0.4, 0.5) is 5.69 Å². The summed E-state index contributed by atoms with van der Waals surface area (Å²) < 4.78 is 1.63. The van der Waals surface area contributed by atoms with E-state index in [0.717, 1.165) is 28.3 Å². The number of carbonyl (C=O) groups excluding carboxylic acids is 1. The summed E-state index contributed by atoms with van der Waals surface area (Å²) in [4.78, 5) is 23.4. The Morgan fingerprint density at radius 1 is 1.32 bits per heavy atom. The van der Waals surface area contributed by atoms with Gasteiger partial charge in [-0.25, -0.2) is 0 Å². The third-order valence-corrected chi connectivity index (χ3v) is 3.84. The van der Waals surface area contributed by atoms with Gasteiger partial charge in [0.25, 0.3) is 0 Å². The van der Waals surface area contributed by atoms with E-state index in [9.17, 15) is 9.59 Å². The maximum absolute atomic E-state index is 11.9. The number of nitrogens with zero attached hydrogens (tertiary/aromatic N) is 1. The van der Waals surface area contributed by atoms with E-state index in [4.69, 9.17) is 0 Å². The predicted octanol–water partition coefficient (Wildman–Crippen LogP) is 2.56. The van der Waals surface area contributed by atoms with E-state index in [1.807, 2.05) is 43.5 Å². The zero-order valence-corrected chi connectivity index (χ0v) is 11.8. The molecule has 0 aliphatic heterocycles. The molecule has 0 saturated carbocycles. The fourth-order valence-electron chi connectivity index (χ4n) is 1.81. The van der Waals surface area contributed by atoms with Gasteiger partial charge in [0.2, 0.25) is 5.91 Å². The third-order valence-electron chi connectivity index (χ3n) is 2.96. The number of amides is 1. The third kappa shape index (κ3) is 3.32. The van der Waals surface area contributed by atoms with E-state index < -0.39 is 0 Å². The first-order valence-electron chi connectivity index (χ1n) is 6.08. The molecule has 4 nitrogen and oxygen atoms in total. The van der Waals surface area contributed by atoms with Crippen LogP contribution in [0.2, 0.25) is 0 Å². The summed E-state index contributed by atoms with van der Waals surface area (Å²) in [5.74, 6) is -0.0770. The fraction of sp³-hybridized carbons (Fsp3) is 0.286. The molecule has 100 valence electrons. The second kappa shape index (κ2) is 5.84. The van der Waals surface area contributed by atoms with Gasteiger partial charge in [0.1, 0.15) is 0 Å². The first-order chi connectivity index (χ1) is 9.08. The molecule has 19 heavy (non-hydrogen) atoms. The number of thiazole rings is 1. The summed E-state index contributed by atoms with van der Waals surface area (Å²) in [6.07, 6.45) is 0.297. The highest BCUT2D eigenvalue weighted by Crippen LogP contribution is 2.13. The Morgan fingerprint density at radius 2 is 2.05 bits per heavy atom. The monoisotopic (exact) mass is 276 g/mol. The second-order valence-electron chi connectivity index (χ2n) is 4.41. The highest BCUT2D eigenvalue weighted by Gasteiger charge is 2.07. The van der Waals surface area contributed by atoms with E-state index in [0.29, 0.717) is 13.0 Å². The number of rotatable bonds is 4. The average Bonchev–Trinajstić information content (AvgIpc) is 2.70. The van der Waals surface area contributed by atoms with Crippen molar-refractivity contribution in [3.8, 4) is 0 Å². The Hall–Kier alpha value is -1.88. The van der Waals surface area contributed by atoms with Crippen molar-refractivity contribution in [1.29, 1.82) is 0 Å². The molecule has 0 fully saturated rings. The molecule has 2 rings (SSSR count). The Kier molecular flexibility index (Phi) is 4.16. The van der Waals surface area contributed by atoms with E-state index in [2.05, 4.69) is 5.32 Å². The van der Waals surface area contributed by atoms with Crippen LogP contribution >= 0.6 is 11.3 Å². The number of hydrogen-bond acceptors (Lipinski definition) is 3. The van der Waals surface area contributed by atoms with Crippen molar-refractivity contribution in [3.05, 3.63) is 50.6 Å². The maximum Gasteiger partial charge on any atom is 0.307 e. The van der Waals surface area contributed by atoms with Crippen LogP contribution < -0.4 is 10.2 Å². The largest absolute Gasteiger partial charge is 0.326 e. The zero-order valence-electron chi connectivity index (χ0n) is 11.0. The van der Waals surface area contributed by atoms with Gasteiger partial charge < -0.3 is 9.88 Å². The van der Waals surface area contributed by atoms with Crippen LogP contribution in [-0.2, 0) is 11.3 Å². The number of benzene rings is 1. The Morgan fingerprint density at radius 3 is 2.68 bits per heavy atom. The van der Waals surface area contributed by atoms with Crippen LogP contribution in [0.1, 0.15) is 17.7 Å². The van der Waals surface area contributed by atoms with Crippen LogP contribution in [0.15, 0.2) is 34.4 Å². The van der Waals surface area contributed by atoms with Crippen LogP contribution in [0.5, 0.6) is 0 Å². The normalized spacial score (nSPS) is 10.4. The molecule has 0 atom stereocenters. The van der Waals surface area contributed by atoms with E-state index in [1.165, 1.54) is 0 Å². The Labute approximate surface area is 115 Å². The smallest absolute Gasteiger partial charge is 0.307 e. The lowest BCUT2D eigenvalue weighted by atomic mass is 10.2. The quantitative estimate of drug-likeness (QED) is 0.933. The molecule has 1 aromatic heterocycles. The molecule has 1 aromatic carbocycles. The highest BCUT2D eigenvalue weighted by molar-refractivity contribution is 7.07. The summed E-state index contributed by atoms with van der Waals surface area (Å²) in [7, 11) is 0. The number of aromatic nitrogens is 1. The summed E-state index contributed by atoms with van der Waals surface area (Å²) in [6.45, 7) is 4.24. The van der Waals surface area contributed by atoms with E-state index >= 15 is 0 Å². The van der Waals surface area contributed by atoms with Crippen LogP contribution in [0, 0.1) is 13.8 Å². The summed E-state index contributed by atoms with van der Waals surface area (Å²) in [6, 6.07) is 7.63. The van der Waals surface area contributed by atoms with Gasteiger partial charge in [-0.2, -0.15) is 0 Å². The molecule has 0 aliphatic carbocycles. The zero-order chi connectivity index (χ0) is 13.8. The lowest BCUT2D eigenvalue weighted by Gasteiger charge is -2.08. The Balaban J connectivity index is 1.96. The molecular formula is C14H16N2O2S. The second-order valence-corrected chi connectivity index (χ2v) is 5.23. The molecule has 1 heterocycles. The molecule has 0 spiro atoms. The molecule has 0 unspecified atom stereocenters. The van der Waals surface area contributed by atoms with Crippen molar-refractivity contribution in [3.63, 3.8) is 0 Å². The highest BCUT2D eigenvalue weighted by atomic mass is 32.1. The minimum absolute atomic E-state index is 0.0128. The first-order valence-corrected chi connectivity index (χ1v) is 6.96. The van der Waals surface area contributed by atoms with Crippen molar-refractivity contribution in [2.45, 2.75) is 26.8 Å². The summed E-state index contributed by atoms with van der Waals surface area (Å²) in [5, 5.41) is 4.67. The van der Waals surface area contributed by atoms with Gasteiger partial charge in [0.05, 0.1) is 0 Å². The number of anilines is 1. The molecule has 0 aliphatic rings. The fourth-order valence-corrected chi connectivity index (χ4v) is 2.57. The molecule has 2 aromatic rings. The van der Waals surface area contributed by atoms with Crippen LogP contribution in [0.3, 0.4) is 0 Å². The molecular weight excluding hydrogens is 260 g/mol. The number of hydrogen-bond donors (Lipinski definition) is 1. The van der Waals surface area contributed by atoms with Crippen molar-refractivity contribution in [2.75, 3.05) is 5.32 Å². The van der Waals surface area contributed by atoms with Crippen molar-refractivity contribution in [2.24, 2.45) is 0 Å². The molecule has 1 amide bonds. The number of aryl methyl sites for hydroxylation is 2. The van der Waals surface area contributed by atoms with Gasteiger partial charge >= 0.3 is 4.87 Å². The van der Waals surface area contributed by atoms with Crippen LogP contribution in [-0.4, -0.2) is 10.5 Å². The number of para-hydroxylation sites is 1. The van der Waals surface area contributed by atoms with Gasteiger partial charge in [-0.1, -0.05) is 29.5 Å². The lowest BCUT2D eigenvalue weighted by Crippen LogP contribution is -2.20. The minimum Gasteiger partial charge on any atom is -0.326 e.